The minimum Gasteiger partial charge on any atom is -0.464 e. The Labute approximate surface area is 169 Å². The van der Waals surface area contributed by atoms with Gasteiger partial charge in [-0.2, -0.15) is 4.80 Å². The average molecular weight is 416 g/mol. The zero-order chi connectivity index (χ0) is 18.4. The molecule has 1 aliphatic rings. The number of morpholine rings is 1. The van der Waals surface area contributed by atoms with Crippen molar-refractivity contribution in [3.8, 4) is 0 Å². The van der Waals surface area contributed by atoms with Crippen LogP contribution in [0, 0.1) is 0 Å². The summed E-state index contributed by atoms with van der Waals surface area (Å²) in [6.45, 7) is 5.01. The maximum atomic E-state index is 12.0. The standard InChI is InChI=1S/C17H22ClN5O3.ClH/c1-25-17(24)15-16(19-14-5-3-13(18)4-6-14)21-23(20-15)8-2-7-22-9-11-26-12-10-22;/h3-6H,2,7-12H2,1H3,(H,19,21);1H. The van der Waals surface area contributed by atoms with Gasteiger partial charge in [0.1, 0.15) is 0 Å². The van der Waals surface area contributed by atoms with Gasteiger partial charge in [0.15, 0.2) is 5.82 Å². The van der Waals surface area contributed by atoms with Crippen molar-refractivity contribution in [2.75, 3.05) is 45.3 Å². The molecule has 0 radical (unpaired) electrons. The van der Waals surface area contributed by atoms with Gasteiger partial charge in [-0.3, -0.25) is 4.90 Å². The van der Waals surface area contributed by atoms with Crippen LogP contribution < -0.4 is 5.32 Å². The van der Waals surface area contributed by atoms with E-state index < -0.39 is 5.97 Å². The molecule has 1 aromatic carbocycles. The largest absolute Gasteiger partial charge is 0.464 e. The third-order valence-corrected chi connectivity index (χ3v) is 4.33. The molecule has 0 atom stereocenters. The highest BCUT2D eigenvalue weighted by Gasteiger charge is 2.20. The van der Waals surface area contributed by atoms with E-state index >= 15 is 0 Å². The normalized spacial score (nSPS) is 14.4. The Hall–Kier alpha value is -1.87. The van der Waals surface area contributed by atoms with Crippen molar-refractivity contribution in [1.29, 1.82) is 0 Å². The van der Waals surface area contributed by atoms with Gasteiger partial charge in [-0.05, 0) is 30.7 Å². The van der Waals surface area contributed by atoms with E-state index in [-0.39, 0.29) is 18.1 Å². The van der Waals surface area contributed by atoms with Crippen LogP contribution in [0.3, 0.4) is 0 Å². The van der Waals surface area contributed by atoms with Crippen molar-refractivity contribution < 1.29 is 14.3 Å². The summed E-state index contributed by atoms with van der Waals surface area (Å²) in [7, 11) is 1.33. The number of carbonyl (C=O) groups excluding carboxylic acids is 1. The lowest BCUT2D eigenvalue weighted by Crippen LogP contribution is -2.37. The second-order valence-electron chi connectivity index (χ2n) is 5.92. The SMILES string of the molecule is COC(=O)c1nn(CCCN2CCOCC2)nc1Nc1ccc(Cl)cc1.Cl. The van der Waals surface area contributed by atoms with Crippen LogP contribution in [0.25, 0.3) is 0 Å². The maximum absolute atomic E-state index is 12.0. The van der Waals surface area contributed by atoms with Gasteiger partial charge in [0.05, 0.1) is 26.9 Å². The lowest BCUT2D eigenvalue weighted by Gasteiger charge is -2.26. The van der Waals surface area contributed by atoms with E-state index in [2.05, 4.69) is 20.4 Å². The number of nitrogens with one attached hydrogen (secondary N) is 1. The molecule has 148 valence electrons. The molecule has 0 unspecified atom stereocenters. The van der Waals surface area contributed by atoms with Crippen molar-refractivity contribution in [2.45, 2.75) is 13.0 Å². The number of esters is 1. The number of aryl methyl sites for hydroxylation is 1. The maximum Gasteiger partial charge on any atom is 0.362 e. The zero-order valence-corrected chi connectivity index (χ0v) is 16.6. The number of halogens is 2. The van der Waals surface area contributed by atoms with E-state index in [1.165, 1.54) is 11.9 Å². The molecule has 2 heterocycles. The van der Waals surface area contributed by atoms with E-state index in [0.717, 1.165) is 45.0 Å². The number of anilines is 2. The number of rotatable bonds is 7. The molecule has 27 heavy (non-hydrogen) atoms. The number of methoxy groups -OCH3 is 1. The Kier molecular flexibility index (Phi) is 8.30. The molecule has 1 saturated heterocycles. The molecule has 10 heteroatoms. The van der Waals surface area contributed by atoms with Crippen LogP contribution in [0.2, 0.25) is 5.02 Å². The highest BCUT2D eigenvalue weighted by molar-refractivity contribution is 6.30. The van der Waals surface area contributed by atoms with Gasteiger partial charge < -0.3 is 14.8 Å². The van der Waals surface area contributed by atoms with Crippen LogP contribution in [0.4, 0.5) is 11.5 Å². The summed E-state index contributed by atoms with van der Waals surface area (Å²) >= 11 is 5.90. The van der Waals surface area contributed by atoms with Gasteiger partial charge in [0.25, 0.3) is 0 Å². The summed E-state index contributed by atoms with van der Waals surface area (Å²) in [5, 5.41) is 12.4. The first-order valence-electron chi connectivity index (χ1n) is 8.52. The fraction of sp³-hybridized carbons (Fsp3) is 0.471. The molecule has 0 saturated carbocycles. The molecule has 0 aliphatic carbocycles. The summed E-state index contributed by atoms with van der Waals surface area (Å²) in [5.41, 5.74) is 0.925. The minimum atomic E-state index is -0.527. The zero-order valence-electron chi connectivity index (χ0n) is 15.1. The van der Waals surface area contributed by atoms with Gasteiger partial charge in [-0.15, -0.1) is 22.6 Å². The molecular weight excluding hydrogens is 393 g/mol. The van der Waals surface area contributed by atoms with E-state index in [0.29, 0.717) is 17.4 Å². The lowest BCUT2D eigenvalue weighted by atomic mass is 10.3. The summed E-state index contributed by atoms with van der Waals surface area (Å²) < 4.78 is 10.2. The number of hydrogen-bond acceptors (Lipinski definition) is 7. The predicted octanol–water partition coefficient (Wildman–Crippen LogP) is 2.61. The molecule has 3 rings (SSSR count). The van der Waals surface area contributed by atoms with Crippen molar-refractivity contribution in [3.05, 3.63) is 35.0 Å². The topological polar surface area (TPSA) is 81.5 Å². The average Bonchev–Trinajstić information content (AvgIpc) is 3.06. The minimum absolute atomic E-state index is 0. The molecule has 0 spiro atoms. The number of hydrogen-bond donors (Lipinski definition) is 1. The smallest absolute Gasteiger partial charge is 0.362 e. The monoisotopic (exact) mass is 415 g/mol. The van der Waals surface area contributed by atoms with E-state index in [9.17, 15) is 4.79 Å². The number of carbonyl (C=O) groups is 1. The summed E-state index contributed by atoms with van der Waals surface area (Å²) in [5.74, 6) is -0.161. The van der Waals surface area contributed by atoms with Crippen LogP contribution in [0.1, 0.15) is 16.9 Å². The highest BCUT2D eigenvalue weighted by atomic mass is 35.5. The van der Waals surface area contributed by atoms with Gasteiger partial charge in [-0.1, -0.05) is 11.6 Å². The van der Waals surface area contributed by atoms with Crippen LogP contribution >= 0.6 is 24.0 Å². The van der Waals surface area contributed by atoms with Gasteiger partial charge in [0, 0.05) is 30.3 Å². The lowest BCUT2D eigenvalue weighted by molar-refractivity contribution is 0.0366. The molecule has 1 fully saturated rings. The molecule has 0 bridgehead atoms. The number of nitrogens with zero attached hydrogens (tertiary/aromatic N) is 4. The quantitative estimate of drug-likeness (QED) is 0.695. The van der Waals surface area contributed by atoms with Gasteiger partial charge in [-0.25, -0.2) is 4.79 Å². The van der Waals surface area contributed by atoms with Crippen molar-refractivity contribution >= 4 is 41.5 Å². The first kappa shape index (κ1) is 21.4. The molecule has 0 amide bonds. The Morgan fingerprint density at radius 1 is 1.22 bits per heavy atom. The van der Waals surface area contributed by atoms with Crippen LogP contribution in [-0.2, 0) is 16.0 Å². The van der Waals surface area contributed by atoms with Crippen LogP contribution in [-0.4, -0.2) is 65.8 Å². The first-order valence-corrected chi connectivity index (χ1v) is 8.89. The third kappa shape index (κ3) is 6.07. The summed E-state index contributed by atoms with van der Waals surface area (Å²) in [6.07, 6.45) is 0.885. The second kappa shape index (κ2) is 10.5. The molecule has 1 aromatic heterocycles. The fourth-order valence-electron chi connectivity index (χ4n) is 2.70. The molecule has 2 aromatic rings. The molecular formula is C17H23Cl2N5O3. The van der Waals surface area contributed by atoms with E-state index in [1.54, 1.807) is 24.3 Å². The molecule has 1 N–H and O–H groups in total. The van der Waals surface area contributed by atoms with Gasteiger partial charge >= 0.3 is 5.97 Å². The Morgan fingerprint density at radius 2 is 1.93 bits per heavy atom. The van der Waals surface area contributed by atoms with Crippen molar-refractivity contribution in [3.63, 3.8) is 0 Å². The van der Waals surface area contributed by atoms with Crippen molar-refractivity contribution in [1.82, 2.24) is 19.9 Å². The van der Waals surface area contributed by atoms with E-state index in [4.69, 9.17) is 21.1 Å². The van der Waals surface area contributed by atoms with Gasteiger partial charge in [0.2, 0.25) is 5.69 Å². The summed E-state index contributed by atoms with van der Waals surface area (Å²) in [6, 6.07) is 7.13. The Bertz CT molecular complexity index is 733. The number of benzene rings is 1. The molecule has 8 nitrogen and oxygen atoms in total. The fourth-order valence-corrected chi connectivity index (χ4v) is 2.82. The summed E-state index contributed by atoms with van der Waals surface area (Å²) in [4.78, 5) is 15.9. The second-order valence-corrected chi connectivity index (χ2v) is 6.36. The predicted molar refractivity (Wildman–Crippen MR) is 105 cm³/mol. The van der Waals surface area contributed by atoms with Crippen molar-refractivity contribution in [2.24, 2.45) is 0 Å². The van der Waals surface area contributed by atoms with Crippen LogP contribution in [0.15, 0.2) is 24.3 Å². The number of aromatic nitrogens is 3. The number of ether oxygens (including phenoxy) is 2. The van der Waals surface area contributed by atoms with E-state index in [1.807, 2.05) is 0 Å². The Balaban J connectivity index is 0.00000261. The van der Waals surface area contributed by atoms with Crippen LogP contribution in [0.5, 0.6) is 0 Å². The Morgan fingerprint density at radius 3 is 2.59 bits per heavy atom. The first-order chi connectivity index (χ1) is 12.7. The third-order valence-electron chi connectivity index (χ3n) is 4.08. The highest BCUT2D eigenvalue weighted by Crippen LogP contribution is 2.20. The molecule has 1 aliphatic heterocycles.